The van der Waals surface area contributed by atoms with Crippen LogP contribution in [0.15, 0.2) is 170 Å². The lowest BCUT2D eigenvalue weighted by molar-refractivity contribution is 0.0000449. The van der Waals surface area contributed by atoms with Gasteiger partial charge in [-0.05, 0) is 303 Å². The monoisotopic (exact) mass is 1370 g/mol. The highest BCUT2D eigenvalue weighted by Crippen LogP contribution is 2.64. The van der Waals surface area contributed by atoms with Crippen LogP contribution in [-0.2, 0) is 10.8 Å². The molecular weight excluding hydrogens is 1240 g/mol. The zero-order chi connectivity index (χ0) is 73.1. The molecule has 7 aromatic rings. The zero-order valence-corrected chi connectivity index (χ0v) is 67.7. The summed E-state index contributed by atoms with van der Waals surface area (Å²) in [7, 11) is 0. The second-order valence-electron chi connectivity index (χ2n) is 37.7. The highest BCUT2D eigenvalue weighted by molar-refractivity contribution is 5.77. The van der Waals surface area contributed by atoms with E-state index in [0.717, 1.165) is 17.8 Å². The van der Waals surface area contributed by atoms with Crippen LogP contribution in [0.1, 0.15) is 265 Å². The Bertz CT molecular complexity index is 4000. The zero-order valence-electron chi connectivity index (χ0n) is 67.7. The third-order valence-electron chi connectivity index (χ3n) is 28.9. The largest absolute Gasteiger partial charge is 0.363 e. The summed E-state index contributed by atoms with van der Waals surface area (Å²) in [5, 5.41) is 0. The molecule has 7 fully saturated rings. The van der Waals surface area contributed by atoms with Crippen LogP contribution in [0.2, 0.25) is 0 Å². The summed E-state index contributed by atoms with van der Waals surface area (Å²) < 4.78 is 0. The Morgan fingerprint density at radius 3 is 1.15 bits per heavy atom. The van der Waals surface area contributed by atoms with Crippen molar-refractivity contribution in [3.8, 4) is 0 Å². The number of aryl methyl sites for hydroxylation is 5. The summed E-state index contributed by atoms with van der Waals surface area (Å²) in [5.41, 5.74) is 22.6. The summed E-state index contributed by atoms with van der Waals surface area (Å²) in [4.78, 5) is 13.2. The van der Waals surface area contributed by atoms with Crippen molar-refractivity contribution in [3.05, 3.63) is 209 Å². The minimum Gasteiger partial charge on any atom is -0.363 e. The van der Waals surface area contributed by atoms with Gasteiger partial charge in [0.25, 0.3) is 0 Å². The maximum atomic E-state index is 2.79. The Kier molecular flexibility index (Phi) is 21.5. The Morgan fingerprint density at radius 2 is 0.686 bits per heavy atom. The Hall–Kier alpha value is -6.46. The summed E-state index contributed by atoms with van der Waals surface area (Å²) in [5.74, 6) is 2.91. The van der Waals surface area contributed by atoms with E-state index in [2.05, 4.69) is 340 Å². The molecule has 5 aliphatic heterocycles. The molecule has 3 saturated heterocycles. The fourth-order valence-corrected chi connectivity index (χ4v) is 23.8. The molecule has 0 amide bonds. The van der Waals surface area contributed by atoms with Gasteiger partial charge in [0.15, 0.2) is 0 Å². The maximum absolute atomic E-state index is 2.79. The van der Waals surface area contributed by atoms with Crippen molar-refractivity contribution in [1.29, 1.82) is 0 Å². The first kappa shape index (κ1) is 75.2. The molecule has 102 heavy (non-hydrogen) atoms. The number of hydrogen-bond donors (Lipinski definition) is 0. The minimum atomic E-state index is 0.179. The highest BCUT2D eigenvalue weighted by atomic mass is 15.3. The van der Waals surface area contributed by atoms with E-state index >= 15 is 0 Å². The van der Waals surface area contributed by atoms with Crippen molar-refractivity contribution in [1.82, 2.24) is 0 Å². The molecule has 4 aliphatic carbocycles. The third kappa shape index (κ3) is 13.8. The van der Waals surface area contributed by atoms with Gasteiger partial charge in [-0.15, -0.1) is 0 Å². The molecule has 2 bridgehead atoms. The lowest BCUT2D eigenvalue weighted by Crippen LogP contribution is -2.49. The molecule has 7 aromatic carbocycles. The van der Waals surface area contributed by atoms with Crippen LogP contribution < -0.4 is 24.5 Å². The van der Waals surface area contributed by atoms with Crippen LogP contribution in [0.4, 0.5) is 39.8 Å². The van der Waals surface area contributed by atoms with Gasteiger partial charge >= 0.3 is 0 Å². The number of fused-ring (bicyclic) bond motifs is 6. The van der Waals surface area contributed by atoms with E-state index in [1.54, 1.807) is 5.56 Å². The molecule has 9 atom stereocenters. The Labute approximate surface area is 622 Å². The average Bonchev–Trinajstić information content (AvgIpc) is 1.57. The normalized spacial score (nSPS) is 28.2. The van der Waals surface area contributed by atoms with Gasteiger partial charge in [0.05, 0.1) is 0 Å². The van der Waals surface area contributed by atoms with Gasteiger partial charge in [-0.1, -0.05) is 201 Å². The van der Waals surface area contributed by atoms with E-state index < -0.39 is 0 Å². The van der Waals surface area contributed by atoms with Crippen molar-refractivity contribution in [3.63, 3.8) is 0 Å². The Morgan fingerprint density at radius 1 is 0.314 bits per heavy atom. The first-order valence-corrected chi connectivity index (χ1v) is 40.8. The molecule has 9 unspecified atom stereocenters. The molecule has 5 nitrogen and oxygen atoms in total. The van der Waals surface area contributed by atoms with E-state index in [1.807, 2.05) is 0 Å². The van der Waals surface area contributed by atoms with Gasteiger partial charge in [0.1, 0.15) is 0 Å². The molecule has 9 aliphatic rings. The molecule has 0 aromatic heterocycles. The fraction of sp³-hybridized carbons (Fsp3) is 0.567. The molecule has 0 radical (unpaired) electrons. The molecule has 0 N–H and O–H groups in total. The average molecular weight is 1370 g/mol. The summed E-state index contributed by atoms with van der Waals surface area (Å²) >= 11 is 0. The van der Waals surface area contributed by atoms with Crippen LogP contribution in [0.5, 0.6) is 0 Å². The van der Waals surface area contributed by atoms with Crippen molar-refractivity contribution in [2.24, 2.45) is 34.0 Å². The van der Waals surface area contributed by atoms with Gasteiger partial charge in [-0.2, -0.15) is 0 Å². The van der Waals surface area contributed by atoms with E-state index in [-0.39, 0.29) is 22.0 Å². The molecule has 5 heteroatoms. The predicted molar refractivity (Wildman–Crippen MR) is 443 cm³/mol. The van der Waals surface area contributed by atoms with Crippen molar-refractivity contribution >= 4 is 39.8 Å². The molecule has 3 spiro atoms. The smallest absolute Gasteiger partial charge is 0.0452 e. The number of rotatable bonds is 5. The van der Waals surface area contributed by atoms with E-state index in [4.69, 9.17) is 0 Å². The molecular formula is C97H135N5. The number of para-hydroxylation sites is 7. The number of hydrogen-bond acceptors (Lipinski definition) is 5. The van der Waals surface area contributed by atoms with E-state index in [0.29, 0.717) is 51.9 Å². The standard InChI is InChI=1S/C23H35N.C21H25N.C19H29N.C18H21N.C16H25N/c1-16-12-19-10-11-23(20(13-16)14-19)15-22(4,5)24(18(23)3)21-9-7-6-8-17(21)2;1-16-10-4-6-12-19(16)22-17(2)21(14-8-3-9-15-21)18-11-5-7-13-20(18)22;1-15-10-6-7-11-17(15)20-16(2)19(14-18(20,3)4)12-8-5-9-13-19;1-13-9-5-7-11-16(13)19-14(2)18(3,4)15-10-6-8-12-17(15)19;1-12-9-7-8-10-14(12)17-13(2)15(3,4)11-16(17,5)6/h6-9,16,18-20H,10-15H2,1-5H3;4-7,10-13,17H,3,8-9,14-15H2,1-2H3;6-7,10-11,16H,5,8-9,12-14H2,1-4H3;5-12,14H,1-4H3;7-10,13H,11H2,1-6H3. The number of benzene rings is 7. The molecule has 5 heterocycles. The van der Waals surface area contributed by atoms with Crippen LogP contribution in [-0.4, -0.2) is 46.8 Å². The summed E-state index contributed by atoms with van der Waals surface area (Å²) in [6.45, 7) is 49.9. The second kappa shape index (κ2) is 29.1. The van der Waals surface area contributed by atoms with Gasteiger partial charge in [-0.25, -0.2) is 0 Å². The first-order valence-electron chi connectivity index (χ1n) is 40.8. The fourth-order valence-electron chi connectivity index (χ4n) is 23.8. The van der Waals surface area contributed by atoms with Crippen molar-refractivity contribution < 1.29 is 0 Å². The van der Waals surface area contributed by atoms with Crippen molar-refractivity contribution in [2.75, 3.05) is 24.5 Å². The topological polar surface area (TPSA) is 16.2 Å². The van der Waals surface area contributed by atoms with E-state index in [9.17, 15) is 0 Å². The van der Waals surface area contributed by atoms with Crippen molar-refractivity contribution in [2.45, 2.75) is 319 Å². The van der Waals surface area contributed by atoms with E-state index in [1.165, 1.54) is 189 Å². The molecule has 16 rings (SSSR count). The third-order valence-corrected chi connectivity index (χ3v) is 28.9. The van der Waals surface area contributed by atoms with Crippen LogP contribution in [0, 0.1) is 68.6 Å². The van der Waals surface area contributed by atoms with Gasteiger partial charge in [0, 0.05) is 97.5 Å². The SMILES string of the molecule is Cc1ccccc1N1C(C)C(C)(C)CC1(C)C.Cc1ccccc1N1C(C)C2(CCC3CC(C)CC2C3)CC1(C)C.Cc1ccccc1N1C(C)C2(CCCCC2)CC1(C)C.Cc1ccccc1N1c2ccccc2C(C)(C)C1C.Cc1ccccc1N1c2ccccc2C2(CCCCC2)C1C. The summed E-state index contributed by atoms with van der Waals surface area (Å²) in [6.07, 6.45) is 25.4. The predicted octanol–water partition coefficient (Wildman–Crippen LogP) is 26.5. The van der Waals surface area contributed by atoms with Crippen LogP contribution in [0.3, 0.4) is 0 Å². The van der Waals surface area contributed by atoms with Gasteiger partial charge in [-0.3, -0.25) is 0 Å². The lowest BCUT2D eigenvalue weighted by atomic mass is 9.53. The number of anilines is 7. The lowest BCUT2D eigenvalue weighted by Gasteiger charge is -2.52. The van der Waals surface area contributed by atoms with Crippen LogP contribution >= 0.6 is 0 Å². The first-order chi connectivity index (χ1) is 48.3. The quantitative estimate of drug-likeness (QED) is 0.170. The van der Waals surface area contributed by atoms with Gasteiger partial charge < -0.3 is 24.5 Å². The molecule has 4 saturated carbocycles. The maximum Gasteiger partial charge on any atom is 0.0452 e. The highest BCUT2D eigenvalue weighted by Gasteiger charge is 2.60. The minimum absolute atomic E-state index is 0.179. The second-order valence-corrected chi connectivity index (χ2v) is 37.7. The Balaban J connectivity index is 0.000000121. The summed E-state index contributed by atoms with van der Waals surface area (Å²) in [6, 6.07) is 65.0. The van der Waals surface area contributed by atoms with Crippen LogP contribution in [0.25, 0.3) is 0 Å². The number of nitrogens with zero attached hydrogens (tertiary/aromatic N) is 5. The molecule has 548 valence electrons. The van der Waals surface area contributed by atoms with Gasteiger partial charge in [0.2, 0.25) is 0 Å².